The maximum atomic E-state index is 13.0. The Kier molecular flexibility index (Phi) is 6.06. The summed E-state index contributed by atoms with van der Waals surface area (Å²) in [5, 5.41) is 2.89. The summed E-state index contributed by atoms with van der Waals surface area (Å²) < 4.78 is 13.0. The third-order valence-electron chi connectivity index (χ3n) is 3.45. The van der Waals surface area contributed by atoms with Crippen LogP contribution in [-0.2, 0) is 4.79 Å². The minimum atomic E-state index is -0.444. The lowest BCUT2D eigenvalue weighted by atomic mass is 10.1. The Morgan fingerprint density at radius 3 is 2.39 bits per heavy atom. The standard InChI is InChI=1S/C19H21FN2O/c1-22(2)18(16-10-12-17(20)13-11-16)19(23)21-14-6-9-15-7-4-3-5-8-15/h3-13,18H,14H2,1-2H3,(H,21,23)/b9-6+. The number of amides is 1. The van der Waals surface area contributed by atoms with Gasteiger partial charge >= 0.3 is 0 Å². The van der Waals surface area contributed by atoms with E-state index in [1.165, 1.54) is 12.1 Å². The molecule has 0 aromatic heterocycles. The van der Waals surface area contributed by atoms with Gasteiger partial charge in [-0.25, -0.2) is 4.39 Å². The molecule has 1 unspecified atom stereocenters. The van der Waals surface area contributed by atoms with E-state index in [4.69, 9.17) is 0 Å². The molecular weight excluding hydrogens is 291 g/mol. The fourth-order valence-electron chi connectivity index (χ4n) is 2.34. The number of carbonyl (C=O) groups excluding carboxylic acids is 1. The van der Waals surface area contributed by atoms with Crippen molar-refractivity contribution in [3.8, 4) is 0 Å². The van der Waals surface area contributed by atoms with E-state index in [-0.39, 0.29) is 11.7 Å². The van der Waals surface area contributed by atoms with Gasteiger partial charge in [0.15, 0.2) is 0 Å². The van der Waals surface area contributed by atoms with E-state index in [9.17, 15) is 9.18 Å². The van der Waals surface area contributed by atoms with Gasteiger partial charge in [-0.2, -0.15) is 0 Å². The van der Waals surface area contributed by atoms with Crippen molar-refractivity contribution in [3.05, 3.63) is 77.6 Å². The molecule has 2 aromatic carbocycles. The molecule has 0 saturated carbocycles. The number of hydrogen-bond donors (Lipinski definition) is 1. The molecule has 0 aliphatic carbocycles. The number of halogens is 1. The lowest BCUT2D eigenvalue weighted by Crippen LogP contribution is -2.37. The lowest BCUT2D eigenvalue weighted by molar-refractivity contribution is -0.125. The number of nitrogens with zero attached hydrogens (tertiary/aromatic N) is 1. The predicted octanol–water partition coefficient (Wildman–Crippen LogP) is 3.26. The van der Waals surface area contributed by atoms with Crippen LogP contribution in [0.25, 0.3) is 6.08 Å². The molecule has 0 fully saturated rings. The normalized spacial score (nSPS) is 12.5. The van der Waals surface area contributed by atoms with Crippen molar-refractivity contribution in [2.75, 3.05) is 20.6 Å². The number of carbonyl (C=O) groups is 1. The Balaban J connectivity index is 1.96. The average Bonchev–Trinajstić information content (AvgIpc) is 2.54. The molecule has 0 heterocycles. The Morgan fingerprint density at radius 1 is 1.13 bits per heavy atom. The molecule has 120 valence electrons. The molecule has 4 heteroatoms. The number of likely N-dealkylation sites (N-methyl/N-ethyl adjacent to an activating group) is 1. The molecule has 23 heavy (non-hydrogen) atoms. The largest absolute Gasteiger partial charge is 0.351 e. The first-order valence-corrected chi connectivity index (χ1v) is 7.49. The topological polar surface area (TPSA) is 32.3 Å². The number of nitrogens with one attached hydrogen (secondary N) is 1. The molecule has 0 spiro atoms. The van der Waals surface area contributed by atoms with Crippen LogP contribution in [0.3, 0.4) is 0 Å². The lowest BCUT2D eigenvalue weighted by Gasteiger charge is -2.23. The molecule has 1 atom stereocenters. The smallest absolute Gasteiger partial charge is 0.242 e. The molecule has 1 N–H and O–H groups in total. The van der Waals surface area contributed by atoms with Gasteiger partial charge in [-0.1, -0.05) is 54.6 Å². The van der Waals surface area contributed by atoms with Gasteiger partial charge in [0, 0.05) is 6.54 Å². The summed E-state index contributed by atoms with van der Waals surface area (Å²) >= 11 is 0. The minimum absolute atomic E-state index is 0.112. The van der Waals surface area contributed by atoms with Crippen LogP contribution in [0.4, 0.5) is 4.39 Å². The summed E-state index contributed by atoms with van der Waals surface area (Å²) in [6, 6.07) is 15.5. The zero-order valence-corrected chi connectivity index (χ0v) is 13.4. The van der Waals surface area contributed by atoms with Gasteiger partial charge in [0.2, 0.25) is 5.91 Å². The summed E-state index contributed by atoms with van der Waals surface area (Å²) in [4.78, 5) is 14.2. The van der Waals surface area contributed by atoms with Crippen LogP contribution >= 0.6 is 0 Å². The Labute approximate surface area is 136 Å². The zero-order chi connectivity index (χ0) is 16.7. The molecule has 0 aliphatic heterocycles. The van der Waals surface area contributed by atoms with Crippen molar-refractivity contribution in [1.29, 1.82) is 0 Å². The van der Waals surface area contributed by atoms with Crippen molar-refractivity contribution in [2.45, 2.75) is 6.04 Å². The highest BCUT2D eigenvalue weighted by atomic mass is 19.1. The van der Waals surface area contributed by atoms with Crippen LogP contribution in [0.1, 0.15) is 17.2 Å². The van der Waals surface area contributed by atoms with Crippen LogP contribution in [0, 0.1) is 5.82 Å². The quantitative estimate of drug-likeness (QED) is 0.888. The number of rotatable bonds is 6. The van der Waals surface area contributed by atoms with Gasteiger partial charge in [0.1, 0.15) is 11.9 Å². The molecule has 1 amide bonds. The first-order valence-electron chi connectivity index (χ1n) is 7.49. The third kappa shape index (κ3) is 5.04. The molecule has 0 aliphatic rings. The fraction of sp³-hybridized carbons (Fsp3) is 0.211. The van der Waals surface area contributed by atoms with E-state index >= 15 is 0 Å². The molecule has 0 radical (unpaired) electrons. The molecule has 2 aromatic rings. The van der Waals surface area contributed by atoms with E-state index in [0.717, 1.165) is 11.1 Å². The van der Waals surface area contributed by atoms with Crippen molar-refractivity contribution >= 4 is 12.0 Å². The molecule has 0 saturated heterocycles. The summed E-state index contributed by atoms with van der Waals surface area (Å²) in [7, 11) is 3.65. The van der Waals surface area contributed by atoms with Crippen LogP contribution in [0.5, 0.6) is 0 Å². The molecule has 3 nitrogen and oxygen atoms in total. The Morgan fingerprint density at radius 2 is 1.78 bits per heavy atom. The van der Waals surface area contributed by atoms with E-state index in [0.29, 0.717) is 6.54 Å². The zero-order valence-electron chi connectivity index (χ0n) is 13.4. The second-order valence-corrected chi connectivity index (χ2v) is 5.48. The minimum Gasteiger partial charge on any atom is -0.351 e. The number of benzene rings is 2. The van der Waals surface area contributed by atoms with Crippen LogP contribution < -0.4 is 5.32 Å². The SMILES string of the molecule is CN(C)C(C(=O)NC/C=C/c1ccccc1)c1ccc(F)cc1. The van der Waals surface area contributed by atoms with Gasteiger partial charge in [0.05, 0.1) is 0 Å². The van der Waals surface area contributed by atoms with E-state index in [1.807, 2.05) is 61.5 Å². The van der Waals surface area contributed by atoms with E-state index in [1.54, 1.807) is 12.1 Å². The molecule has 2 rings (SSSR count). The van der Waals surface area contributed by atoms with Crippen LogP contribution in [0.2, 0.25) is 0 Å². The van der Waals surface area contributed by atoms with Crippen molar-refractivity contribution in [2.24, 2.45) is 0 Å². The number of hydrogen-bond acceptors (Lipinski definition) is 2. The van der Waals surface area contributed by atoms with E-state index < -0.39 is 6.04 Å². The fourth-order valence-corrected chi connectivity index (χ4v) is 2.34. The first-order chi connectivity index (χ1) is 11.1. The highest BCUT2D eigenvalue weighted by Gasteiger charge is 2.22. The monoisotopic (exact) mass is 312 g/mol. The van der Waals surface area contributed by atoms with Gasteiger partial charge in [-0.3, -0.25) is 9.69 Å². The summed E-state index contributed by atoms with van der Waals surface area (Å²) in [6.07, 6.45) is 3.87. The second-order valence-electron chi connectivity index (χ2n) is 5.48. The van der Waals surface area contributed by atoms with Gasteiger partial charge in [0.25, 0.3) is 0 Å². The van der Waals surface area contributed by atoms with Gasteiger partial charge in [-0.05, 0) is 37.4 Å². The predicted molar refractivity (Wildman–Crippen MR) is 91.3 cm³/mol. The molecular formula is C19H21FN2O. The molecule has 0 bridgehead atoms. The maximum Gasteiger partial charge on any atom is 0.242 e. The second kappa shape index (κ2) is 8.25. The Bertz CT molecular complexity index is 651. The highest BCUT2D eigenvalue weighted by Crippen LogP contribution is 2.18. The third-order valence-corrected chi connectivity index (χ3v) is 3.45. The van der Waals surface area contributed by atoms with Gasteiger partial charge in [-0.15, -0.1) is 0 Å². The van der Waals surface area contributed by atoms with E-state index in [2.05, 4.69) is 5.32 Å². The highest BCUT2D eigenvalue weighted by molar-refractivity contribution is 5.83. The average molecular weight is 312 g/mol. The van der Waals surface area contributed by atoms with Crippen LogP contribution in [0.15, 0.2) is 60.7 Å². The van der Waals surface area contributed by atoms with Crippen molar-refractivity contribution in [3.63, 3.8) is 0 Å². The maximum absolute atomic E-state index is 13.0. The van der Waals surface area contributed by atoms with Crippen LogP contribution in [-0.4, -0.2) is 31.4 Å². The summed E-state index contributed by atoms with van der Waals surface area (Å²) in [5.74, 6) is -0.420. The Hall–Kier alpha value is -2.46. The van der Waals surface area contributed by atoms with Crippen molar-refractivity contribution < 1.29 is 9.18 Å². The van der Waals surface area contributed by atoms with Gasteiger partial charge < -0.3 is 5.32 Å². The van der Waals surface area contributed by atoms with Crippen molar-refractivity contribution in [1.82, 2.24) is 10.2 Å². The summed E-state index contributed by atoms with van der Waals surface area (Å²) in [6.45, 7) is 0.444. The summed E-state index contributed by atoms with van der Waals surface area (Å²) in [5.41, 5.74) is 1.85. The first kappa shape index (κ1) is 16.9.